The second-order valence-corrected chi connectivity index (χ2v) is 9.00. The number of hydrogen-bond donors (Lipinski definition) is 0. The number of halogens is 1. The summed E-state index contributed by atoms with van der Waals surface area (Å²) in [7, 11) is -3.77. The summed E-state index contributed by atoms with van der Waals surface area (Å²) >= 11 is 0. The number of benzene rings is 4. The highest BCUT2D eigenvalue weighted by Crippen LogP contribution is 2.28. The quantitative estimate of drug-likeness (QED) is 0.330. The van der Waals surface area contributed by atoms with Crippen molar-refractivity contribution in [3.63, 3.8) is 0 Å². The van der Waals surface area contributed by atoms with Crippen LogP contribution in [0.5, 0.6) is 0 Å². The van der Waals surface area contributed by atoms with Gasteiger partial charge in [-0.2, -0.15) is 0 Å². The Hall–Kier alpha value is -3.77. The largest absolute Gasteiger partial charge is 0.264 e. The number of hydrogen-bond acceptors (Lipinski definition) is 3. The van der Waals surface area contributed by atoms with Crippen LogP contribution in [-0.4, -0.2) is 14.6 Å². The molecule has 0 aliphatic heterocycles. The van der Waals surface area contributed by atoms with Crippen LogP contribution in [0.15, 0.2) is 119 Å². The van der Waals surface area contributed by atoms with Gasteiger partial charge < -0.3 is 0 Å². The monoisotopic (exact) mass is 444 g/mol. The highest BCUT2D eigenvalue weighted by atomic mass is 32.2. The van der Waals surface area contributed by atoms with Crippen molar-refractivity contribution in [2.45, 2.75) is 11.4 Å². The molecule has 4 nitrogen and oxygen atoms in total. The Balaban J connectivity index is 1.64. The summed E-state index contributed by atoms with van der Waals surface area (Å²) in [5, 5.41) is 0. The molecule has 4 aromatic carbocycles. The van der Waals surface area contributed by atoms with Crippen molar-refractivity contribution in [3.8, 4) is 0 Å². The van der Waals surface area contributed by atoms with Gasteiger partial charge in [-0.05, 0) is 59.7 Å². The highest BCUT2D eigenvalue weighted by molar-refractivity contribution is 7.92. The Morgan fingerprint density at radius 3 is 1.97 bits per heavy atom. The minimum Gasteiger partial charge on any atom is -0.262 e. The van der Waals surface area contributed by atoms with Crippen LogP contribution in [-0.2, 0) is 16.6 Å². The first-order valence-corrected chi connectivity index (χ1v) is 11.5. The van der Waals surface area contributed by atoms with Crippen LogP contribution in [0.3, 0.4) is 0 Å². The zero-order chi connectivity index (χ0) is 22.4. The standard InChI is InChI=1S/C26H21FN2O2S/c27-23-13-11-21(12-14-23)19-28-24-15-17-25(18-16-24)29(20-22-7-3-1-4-8-22)32(30,31)26-9-5-2-6-10-26/h1-19H,20H2. The smallest absolute Gasteiger partial charge is 0.262 e. The summed E-state index contributed by atoms with van der Waals surface area (Å²) < 4.78 is 41.3. The van der Waals surface area contributed by atoms with Gasteiger partial charge in [-0.3, -0.25) is 9.30 Å². The fourth-order valence-electron chi connectivity index (χ4n) is 3.19. The Bertz CT molecular complexity index is 1290. The minimum absolute atomic E-state index is 0.205. The molecule has 0 saturated heterocycles. The molecule has 0 aromatic heterocycles. The lowest BCUT2D eigenvalue weighted by molar-refractivity contribution is 0.590. The van der Waals surface area contributed by atoms with E-state index >= 15 is 0 Å². The average Bonchev–Trinajstić information content (AvgIpc) is 2.84. The van der Waals surface area contributed by atoms with Gasteiger partial charge in [0.25, 0.3) is 10.0 Å². The average molecular weight is 445 g/mol. The lowest BCUT2D eigenvalue weighted by Crippen LogP contribution is -2.30. The predicted octanol–water partition coefficient (Wildman–Crippen LogP) is 5.97. The van der Waals surface area contributed by atoms with Crippen LogP contribution in [0.4, 0.5) is 15.8 Å². The van der Waals surface area contributed by atoms with E-state index in [4.69, 9.17) is 0 Å². The SMILES string of the molecule is O=S(=O)(c1ccccc1)N(Cc1ccccc1)c1ccc(N=Cc2ccc(F)cc2)cc1. The van der Waals surface area contributed by atoms with Crippen molar-refractivity contribution < 1.29 is 12.8 Å². The van der Waals surface area contributed by atoms with E-state index in [1.165, 1.54) is 16.4 Å². The first-order chi connectivity index (χ1) is 15.5. The van der Waals surface area contributed by atoms with Gasteiger partial charge in [-0.15, -0.1) is 0 Å². The van der Waals surface area contributed by atoms with Gasteiger partial charge in [0, 0.05) is 6.21 Å². The van der Waals surface area contributed by atoms with Crippen molar-refractivity contribution in [1.29, 1.82) is 0 Å². The molecule has 0 radical (unpaired) electrons. The summed E-state index contributed by atoms with van der Waals surface area (Å²) in [6.07, 6.45) is 1.64. The minimum atomic E-state index is -3.77. The zero-order valence-corrected chi connectivity index (χ0v) is 18.0. The zero-order valence-electron chi connectivity index (χ0n) is 17.2. The highest BCUT2D eigenvalue weighted by Gasteiger charge is 2.25. The molecule has 0 aliphatic carbocycles. The van der Waals surface area contributed by atoms with Gasteiger partial charge in [0.1, 0.15) is 5.82 Å². The molecule has 0 unspecified atom stereocenters. The van der Waals surface area contributed by atoms with Gasteiger partial charge in [0.05, 0.1) is 22.8 Å². The molecule has 0 saturated carbocycles. The molecule has 0 heterocycles. The lowest BCUT2D eigenvalue weighted by Gasteiger charge is -2.25. The van der Waals surface area contributed by atoms with Gasteiger partial charge >= 0.3 is 0 Å². The summed E-state index contributed by atoms with van der Waals surface area (Å²) in [6, 6.07) is 30.9. The van der Waals surface area contributed by atoms with Crippen molar-refractivity contribution in [1.82, 2.24) is 0 Å². The Labute approximate surface area is 187 Å². The van der Waals surface area contributed by atoms with Crippen molar-refractivity contribution in [2.75, 3.05) is 4.31 Å². The molecule has 0 bridgehead atoms. The van der Waals surface area contributed by atoms with Gasteiger partial charge in [-0.1, -0.05) is 60.7 Å². The first kappa shape index (κ1) is 21.5. The van der Waals surface area contributed by atoms with Gasteiger partial charge in [0.15, 0.2) is 0 Å². The van der Waals surface area contributed by atoms with E-state index < -0.39 is 10.0 Å². The van der Waals surface area contributed by atoms with Crippen molar-refractivity contribution in [2.24, 2.45) is 4.99 Å². The third-order valence-corrected chi connectivity index (χ3v) is 6.66. The molecule has 0 atom stereocenters. The van der Waals surface area contributed by atoms with Crippen LogP contribution >= 0.6 is 0 Å². The topological polar surface area (TPSA) is 49.7 Å². The Morgan fingerprint density at radius 2 is 1.34 bits per heavy atom. The second-order valence-electron chi connectivity index (χ2n) is 7.14. The first-order valence-electron chi connectivity index (χ1n) is 10.0. The number of nitrogens with zero attached hydrogens (tertiary/aromatic N) is 2. The Morgan fingerprint density at radius 1 is 0.750 bits per heavy atom. The molecule has 0 amide bonds. The maximum Gasteiger partial charge on any atom is 0.264 e. The van der Waals surface area contributed by atoms with E-state index in [-0.39, 0.29) is 17.3 Å². The summed E-state index contributed by atoms with van der Waals surface area (Å²) in [5.74, 6) is -0.301. The summed E-state index contributed by atoms with van der Waals surface area (Å²) in [5.41, 5.74) is 2.85. The molecular formula is C26H21FN2O2S. The maximum absolute atomic E-state index is 13.4. The summed E-state index contributed by atoms with van der Waals surface area (Å²) in [4.78, 5) is 4.63. The van der Waals surface area contributed by atoms with Crippen LogP contribution in [0.25, 0.3) is 0 Å². The van der Waals surface area contributed by atoms with E-state index in [0.29, 0.717) is 11.4 Å². The Kier molecular flexibility index (Phi) is 6.42. The van der Waals surface area contributed by atoms with E-state index in [0.717, 1.165) is 11.1 Å². The van der Waals surface area contributed by atoms with Gasteiger partial charge in [0.2, 0.25) is 0 Å². The number of anilines is 1. The maximum atomic E-state index is 13.4. The number of aliphatic imine (C=N–C) groups is 1. The van der Waals surface area contributed by atoms with E-state index in [1.54, 1.807) is 72.9 Å². The molecule has 32 heavy (non-hydrogen) atoms. The molecule has 160 valence electrons. The fourth-order valence-corrected chi connectivity index (χ4v) is 4.66. The molecule has 6 heteroatoms. The number of rotatable bonds is 7. The summed E-state index contributed by atoms with van der Waals surface area (Å²) in [6.45, 7) is 0.205. The molecule has 0 N–H and O–H groups in total. The van der Waals surface area contributed by atoms with Crippen LogP contribution < -0.4 is 4.31 Å². The van der Waals surface area contributed by atoms with Crippen molar-refractivity contribution >= 4 is 27.6 Å². The van der Waals surface area contributed by atoms with E-state index in [9.17, 15) is 12.8 Å². The molecule has 0 spiro atoms. The third-order valence-electron chi connectivity index (χ3n) is 4.87. The molecular weight excluding hydrogens is 423 g/mol. The molecule has 4 rings (SSSR count). The van der Waals surface area contributed by atoms with Gasteiger partial charge in [-0.25, -0.2) is 12.8 Å². The van der Waals surface area contributed by atoms with Crippen LogP contribution in [0.1, 0.15) is 11.1 Å². The van der Waals surface area contributed by atoms with Crippen LogP contribution in [0, 0.1) is 5.82 Å². The normalized spacial score (nSPS) is 11.5. The second kappa shape index (κ2) is 9.58. The lowest BCUT2D eigenvalue weighted by atomic mass is 10.2. The number of sulfonamides is 1. The predicted molar refractivity (Wildman–Crippen MR) is 126 cm³/mol. The molecule has 4 aromatic rings. The fraction of sp³-hybridized carbons (Fsp3) is 0.0385. The van der Waals surface area contributed by atoms with E-state index in [1.807, 2.05) is 30.3 Å². The molecule has 0 aliphatic rings. The van der Waals surface area contributed by atoms with Crippen LogP contribution in [0.2, 0.25) is 0 Å². The van der Waals surface area contributed by atoms with Crippen molar-refractivity contribution in [3.05, 3.63) is 126 Å². The van der Waals surface area contributed by atoms with E-state index in [2.05, 4.69) is 4.99 Å². The molecule has 0 fully saturated rings. The third kappa shape index (κ3) is 5.10.